The van der Waals surface area contributed by atoms with Gasteiger partial charge in [0.25, 0.3) is 0 Å². The summed E-state index contributed by atoms with van der Waals surface area (Å²) in [4.78, 5) is 11.8. The smallest absolute Gasteiger partial charge is 0.361 e. The summed E-state index contributed by atoms with van der Waals surface area (Å²) in [6, 6.07) is -2.62. The molecule has 2 N–H and O–H groups in total. The van der Waals surface area contributed by atoms with Crippen molar-refractivity contribution in [1.82, 2.24) is 15.8 Å². The Labute approximate surface area is 126 Å². The lowest BCUT2D eigenvalue weighted by Gasteiger charge is -2.27. The van der Waals surface area contributed by atoms with Crippen LogP contribution in [0.2, 0.25) is 0 Å². The molecule has 8 heteroatoms. The van der Waals surface area contributed by atoms with Crippen molar-refractivity contribution in [3.05, 3.63) is 17.0 Å². The third-order valence-corrected chi connectivity index (χ3v) is 4.12. The van der Waals surface area contributed by atoms with Crippen LogP contribution in [0, 0.1) is 19.8 Å². The molecule has 1 unspecified atom stereocenters. The zero-order chi connectivity index (χ0) is 16.3. The molecule has 2 rings (SSSR count). The molecule has 1 saturated carbocycles. The maximum atomic E-state index is 13.1. The molecule has 5 nitrogen and oxygen atoms in total. The minimum Gasteiger partial charge on any atom is -0.361 e. The van der Waals surface area contributed by atoms with Crippen LogP contribution in [0.4, 0.5) is 18.0 Å². The quantitative estimate of drug-likeness (QED) is 0.895. The van der Waals surface area contributed by atoms with Crippen molar-refractivity contribution in [3.63, 3.8) is 0 Å². The van der Waals surface area contributed by atoms with Gasteiger partial charge in [0.2, 0.25) is 0 Å². The SMILES string of the molecule is Cc1noc(C)c1CNC(=O)NC(C1CCCC1)C(F)(F)F. The summed E-state index contributed by atoms with van der Waals surface area (Å²) in [6.07, 6.45) is -1.89. The summed E-state index contributed by atoms with van der Waals surface area (Å²) in [5, 5.41) is 8.25. The maximum Gasteiger partial charge on any atom is 0.408 e. The van der Waals surface area contributed by atoms with Gasteiger partial charge in [0, 0.05) is 12.1 Å². The zero-order valence-corrected chi connectivity index (χ0v) is 12.6. The van der Waals surface area contributed by atoms with E-state index in [4.69, 9.17) is 4.52 Å². The lowest BCUT2D eigenvalue weighted by atomic mass is 9.98. The van der Waals surface area contributed by atoms with Crippen LogP contribution in [0.3, 0.4) is 0 Å². The first kappa shape index (κ1) is 16.6. The number of amides is 2. The van der Waals surface area contributed by atoms with E-state index >= 15 is 0 Å². The Morgan fingerprint density at radius 2 is 2.00 bits per heavy atom. The van der Waals surface area contributed by atoms with Crippen molar-refractivity contribution in [1.29, 1.82) is 0 Å². The van der Waals surface area contributed by atoms with E-state index in [1.54, 1.807) is 13.8 Å². The van der Waals surface area contributed by atoms with Gasteiger partial charge in [0.05, 0.1) is 5.69 Å². The van der Waals surface area contributed by atoms with Gasteiger partial charge in [-0.1, -0.05) is 18.0 Å². The van der Waals surface area contributed by atoms with Gasteiger partial charge in [-0.25, -0.2) is 4.79 Å². The van der Waals surface area contributed by atoms with Gasteiger partial charge in [-0.3, -0.25) is 0 Å². The number of aryl methyl sites for hydroxylation is 2. The first-order valence-corrected chi connectivity index (χ1v) is 7.32. The average Bonchev–Trinajstić information content (AvgIpc) is 3.04. The number of alkyl halides is 3. The summed E-state index contributed by atoms with van der Waals surface area (Å²) in [5.41, 5.74) is 1.29. The molecule has 1 aliphatic rings. The predicted molar refractivity (Wildman–Crippen MR) is 73.1 cm³/mol. The molecule has 0 aromatic carbocycles. The van der Waals surface area contributed by atoms with Gasteiger partial charge in [0.15, 0.2) is 0 Å². The van der Waals surface area contributed by atoms with Crippen LogP contribution in [0.25, 0.3) is 0 Å². The highest BCUT2D eigenvalue weighted by atomic mass is 19.4. The second-order valence-electron chi connectivity index (χ2n) is 5.69. The highest BCUT2D eigenvalue weighted by molar-refractivity contribution is 5.74. The minimum absolute atomic E-state index is 0.0856. The summed E-state index contributed by atoms with van der Waals surface area (Å²) < 4.78 is 44.3. The number of urea groups is 1. The molecule has 2 amide bonds. The van der Waals surface area contributed by atoms with Crippen molar-refractivity contribution in [3.8, 4) is 0 Å². The summed E-state index contributed by atoms with van der Waals surface area (Å²) >= 11 is 0. The number of carbonyl (C=O) groups is 1. The summed E-state index contributed by atoms with van der Waals surface area (Å²) in [6.45, 7) is 3.48. The number of nitrogens with zero attached hydrogens (tertiary/aromatic N) is 1. The molecule has 0 saturated heterocycles. The standard InChI is InChI=1S/C14H20F3N3O2/c1-8-11(9(2)22-20-8)7-18-13(21)19-12(14(15,16)17)10-5-3-4-6-10/h10,12H,3-7H2,1-2H3,(H2,18,19,21). The van der Waals surface area contributed by atoms with E-state index in [0.29, 0.717) is 29.9 Å². The normalized spacial score (nSPS) is 17.5. The summed E-state index contributed by atoms with van der Waals surface area (Å²) in [7, 11) is 0. The summed E-state index contributed by atoms with van der Waals surface area (Å²) in [5.74, 6) is 0.00535. The molecule has 124 valence electrons. The Hall–Kier alpha value is -1.73. The first-order valence-electron chi connectivity index (χ1n) is 7.32. The largest absolute Gasteiger partial charge is 0.408 e. The number of hydrogen-bond donors (Lipinski definition) is 2. The second-order valence-corrected chi connectivity index (χ2v) is 5.69. The molecule has 1 aliphatic carbocycles. The van der Waals surface area contributed by atoms with Gasteiger partial charge in [-0.15, -0.1) is 0 Å². The van der Waals surface area contributed by atoms with Gasteiger partial charge >= 0.3 is 12.2 Å². The fourth-order valence-corrected chi connectivity index (χ4v) is 2.87. The van der Waals surface area contributed by atoms with Crippen LogP contribution >= 0.6 is 0 Å². The molecule has 1 atom stereocenters. The van der Waals surface area contributed by atoms with Crippen molar-refractivity contribution in [2.75, 3.05) is 0 Å². The molecular formula is C14H20F3N3O2. The second kappa shape index (κ2) is 6.58. The Balaban J connectivity index is 1.93. The van der Waals surface area contributed by atoms with Crippen molar-refractivity contribution < 1.29 is 22.5 Å². The van der Waals surface area contributed by atoms with Gasteiger partial charge in [0.1, 0.15) is 11.8 Å². The van der Waals surface area contributed by atoms with Gasteiger partial charge < -0.3 is 15.2 Å². The molecule has 1 heterocycles. The fourth-order valence-electron chi connectivity index (χ4n) is 2.87. The molecule has 22 heavy (non-hydrogen) atoms. The van der Waals surface area contributed by atoms with E-state index in [1.165, 1.54) is 0 Å². The fraction of sp³-hybridized carbons (Fsp3) is 0.714. The van der Waals surface area contributed by atoms with Crippen LogP contribution < -0.4 is 10.6 Å². The average molecular weight is 319 g/mol. The van der Waals surface area contributed by atoms with Crippen LogP contribution in [0.15, 0.2) is 4.52 Å². The van der Waals surface area contributed by atoms with Crippen LogP contribution in [-0.2, 0) is 6.54 Å². The van der Waals surface area contributed by atoms with E-state index < -0.39 is 24.2 Å². The highest BCUT2D eigenvalue weighted by Gasteiger charge is 2.46. The predicted octanol–water partition coefficient (Wildman–Crippen LogP) is 3.21. The lowest BCUT2D eigenvalue weighted by molar-refractivity contribution is -0.164. The van der Waals surface area contributed by atoms with E-state index in [2.05, 4.69) is 15.8 Å². The van der Waals surface area contributed by atoms with E-state index in [9.17, 15) is 18.0 Å². The number of rotatable bonds is 4. The lowest BCUT2D eigenvalue weighted by Crippen LogP contribution is -2.52. The third-order valence-electron chi connectivity index (χ3n) is 4.12. The molecule has 0 aliphatic heterocycles. The molecule has 0 bridgehead atoms. The minimum atomic E-state index is -4.44. The molecule has 0 radical (unpaired) electrons. The van der Waals surface area contributed by atoms with Crippen LogP contribution in [0.5, 0.6) is 0 Å². The maximum absolute atomic E-state index is 13.1. The molecule has 1 aromatic rings. The zero-order valence-electron chi connectivity index (χ0n) is 12.6. The van der Waals surface area contributed by atoms with E-state index in [1.807, 2.05) is 0 Å². The topological polar surface area (TPSA) is 67.2 Å². The first-order chi connectivity index (χ1) is 10.3. The van der Waals surface area contributed by atoms with Crippen molar-refractivity contribution >= 4 is 6.03 Å². The van der Waals surface area contributed by atoms with Gasteiger partial charge in [-0.2, -0.15) is 13.2 Å². The molecular weight excluding hydrogens is 299 g/mol. The monoisotopic (exact) mass is 319 g/mol. The highest BCUT2D eigenvalue weighted by Crippen LogP contribution is 2.35. The number of hydrogen-bond acceptors (Lipinski definition) is 3. The Morgan fingerprint density at radius 3 is 2.50 bits per heavy atom. The molecule has 0 spiro atoms. The van der Waals surface area contributed by atoms with Crippen LogP contribution in [-0.4, -0.2) is 23.4 Å². The Bertz CT molecular complexity index is 502. The Morgan fingerprint density at radius 1 is 1.36 bits per heavy atom. The van der Waals surface area contributed by atoms with E-state index in [-0.39, 0.29) is 6.54 Å². The van der Waals surface area contributed by atoms with Crippen molar-refractivity contribution in [2.45, 2.75) is 58.3 Å². The van der Waals surface area contributed by atoms with Gasteiger partial charge in [-0.05, 0) is 32.6 Å². The van der Waals surface area contributed by atoms with E-state index in [0.717, 1.165) is 12.8 Å². The number of halogens is 3. The van der Waals surface area contributed by atoms with Crippen molar-refractivity contribution in [2.24, 2.45) is 5.92 Å². The number of nitrogens with one attached hydrogen (secondary N) is 2. The number of carbonyl (C=O) groups excluding carboxylic acids is 1. The Kier molecular flexibility index (Phi) is 4.97. The van der Waals surface area contributed by atoms with Crippen LogP contribution in [0.1, 0.15) is 42.7 Å². The third kappa shape index (κ3) is 3.92. The molecule has 1 aromatic heterocycles. The molecule has 1 fully saturated rings. The number of aromatic nitrogens is 1.